The molecule has 0 aromatic heterocycles. The summed E-state index contributed by atoms with van der Waals surface area (Å²) in [5, 5.41) is 18.8. The molecule has 19 heavy (non-hydrogen) atoms. The number of hydrogen-bond acceptors (Lipinski definition) is 3. The van der Waals surface area contributed by atoms with Gasteiger partial charge in [-0.15, -0.1) is 0 Å². The van der Waals surface area contributed by atoms with Crippen LogP contribution in [-0.2, 0) is 9.59 Å². The SMILES string of the molecule is O=C(O)CCN(C(=O)C(O)c1ccccc1)C1CC1. The number of carbonyl (C=O) groups is 2. The van der Waals surface area contributed by atoms with Gasteiger partial charge in [-0.25, -0.2) is 0 Å². The molecule has 1 unspecified atom stereocenters. The van der Waals surface area contributed by atoms with Crippen molar-refractivity contribution in [1.82, 2.24) is 4.90 Å². The zero-order valence-electron chi connectivity index (χ0n) is 10.5. The van der Waals surface area contributed by atoms with Crippen molar-refractivity contribution < 1.29 is 19.8 Å². The zero-order valence-corrected chi connectivity index (χ0v) is 10.5. The molecule has 1 aliphatic rings. The van der Waals surface area contributed by atoms with Gasteiger partial charge in [0.1, 0.15) is 0 Å². The van der Waals surface area contributed by atoms with Crippen LogP contribution in [-0.4, -0.2) is 39.6 Å². The van der Waals surface area contributed by atoms with Gasteiger partial charge in [0.25, 0.3) is 5.91 Å². The predicted octanol–water partition coefficient (Wildman–Crippen LogP) is 1.19. The molecule has 1 saturated carbocycles. The van der Waals surface area contributed by atoms with Crippen molar-refractivity contribution in [2.75, 3.05) is 6.54 Å². The third-order valence-electron chi connectivity index (χ3n) is 3.19. The molecule has 1 atom stereocenters. The van der Waals surface area contributed by atoms with E-state index in [1.165, 1.54) is 4.90 Å². The molecule has 1 aliphatic carbocycles. The first kappa shape index (κ1) is 13.5. The summed E-state index contributed by atoms with van der Waals surface area (Å²) in [6.45, 7) is 0.155. The fraction of sp³-hybridized carbons (Fsp3) is 0.429. The van der Waals surface area contributed by atoms with Crippen molar-refractivity contribution in [1.29, 1.82) is 0 Å². The molecular formula is C14H17NO4. The molecule has 0 heterocycles. The average Bonchev–Trinajstić information content (AvgIpc) is 3.23. The van der Waals surface area contributed by atoms with Gasteiger partial charge >= 0.3 is 5.97 Å². The van der Waals surface area contributed by atoms with Crippen molar-refractivity contribution in [3.05, 3.63) is 35.9 Å². The Hall–Kier alpha value is -1.88. The lowest BCUT2D eigenvalue weighted by molar-refractivity contribution is -0.143. The van der Waals surface area contributed by atoms with Crippen LogP contribution in [0, 0.1) is 0 Å². The van der Waals surface area contributed by atoms with E-state index in [-0.39, 0.29) is 19.0 Å². The van der Waals surface area contributed by atoms with Crippen LogP contribution in [0.25, 0.3) is 0 Å². The van der Waals surface area contributed by atoms with Gasteiger partial charge in [0.15, 0.2) is 6.10 Å². The lowest BCUT2D eigenvalue weighted by Gasteiger charge is -2.24. The average molecular weight is 263 g/mol. The number of amides is 1. The standard InChI is InChI=1S/C14H17NO4/c16-12(17)8-9-15(11-6-7-11)14(19)13(18)10-4-2-1-3-5-10/h1-5,11,13,18H,6-9H2,(H,16,17). The minimum absolute atomic E-state index is 0.0882. The summed E-state index contributed by atoms with van der Waals surface area (Å²) >= 11 is 0. The normalized spacial score (nSPS) is 15.8. The van der Waals surface area contributed by atoms with E-state index >= 15 is 0 Å². The van der Waals surface area contributed by atoms with E-state index in [1.54, 1.807) is 24.3 Å². The molecule has 1 fully saturated rings. The van der Waals surface area contributed by atoms with Crippen LogP contribution in [0.4, 0.5) is 0 Å². The minimum atomic E-state index is -1.21. The first-order valence-corrected chi connectivity index (χ1v) is 6.35. The Labute approximate surface area is 111 Å². The van der Waals surface area contributed by atoms with E-state index in [0.29, 0.717) is 5.56 Å². The number of nitrogens with zero attached hydrogens (tertiary/aromatic N) is 1. The maximum Gasteiger partial charge on any atom is 0.305 e. The third-order valence-corrected chi connectivity index (χ3v) is 3.19. The number of aliphatic hydroxyl groups excluding tert-OH is 1. The molecule has 2 N–H and O–H groups in total. The molecular weight excluding hydrogens is 246 g/mol. The van der Waals surface area contributed by atoms with Crippen molar-refractivity contribution in [2.24, 2.45) is 0 Å². The summed E-state index contributed by atoms with van der Waals surface area (Å²) in [4.78, 5) is 24.3. The lowest BCUT2D eigenvalue weighted by Crippen LogP contribution is -2.38. The maximum absolute atomic E-state index is 12.2. The van der Waals surface area contributed by atoms with E-state index in [9.17, 15) is 14.7 Å². The van der Waals surface area contributed by atoms with Gasteiger partial charge in [0.05, 0.1) is 6.42 Å². The quantitative estimate of drug-likeness (QED) is 0.808. The van der Waals surface area contributed by atoms with E-state index in [2.05, 4.69) is 0 Å². The second-order valence-corrected chi connectivity index (χ2v) is 4.72. The molecule has 102 valence electrons. The van der Waals surface area contributed by atoms with Gasteiger partial charge in [-0.05, 0) is 18.4 Å². The van der Waals surface area contributed by atoms with Gasteiger partial charge < -0.3 is 15.1 Å². The van der Waals surface area contributed by atoms with Crippen molar-refractivity contribution in [3.8, 4) is 0 Å². The van der Waals surface area contributed by atoms with Crippen molar-refractivity contribution >= 4 is 11.9 Å². The van der Waals surface area contributed by atoms with E-state index in [0.717, 1.165) is 12.8 Å². The fourth-order valence-corrected chi connectivity index (χ4v) is 2.01. The minimum Gasteiger partial charge on any atom is -0.481 e. The van der Waals surface area contributed by atoms with E-state index < -0.39 is 18.0 Å². The van der Waals surface area contributed by atoms with Gasteiger partial charge in [-0.1, -0.05) is 30.3 Å². The molecule has 0 bridgehead atoms. The predicted molar refractivity (Wildman–Crippen MR) is 68.4 cm³/mol. The monoisotopic (exact) mass is 263 g/mol. The Morgan fingerprint density at radius 3 is 2.42 bits per heavy atom. The van der Waals surface area contributed by atoms with Crippen LogP contribution >= 0.6 is 0 Å². The summed E-state index contributed by atoms with van der Waals surface area (Å²) in [5.41, 5.74) is 0.536. The summed E-state index contributed by atoms with van der Waals surface area (Å²) in [7, 11) is 0. The first-order valence-electron chi connectivity index (χ1n) is 6.35. The van der Waals surface area contributed by atoms with Crippen molar-refractivity contribution in [2.45, 2.75) is 31.4 Å². The molecule has 0 saturated heterocycles. The second-order valence-electron chi connectivity index (χ2n) is 4.72. The number of aliphatic carboxylic acids is 1. The molecule has 1 amide bonds. The smallest absolute Gasteiger partial charge is 0.305 e. The second kappa shape index (κ2) is 5.84. The third kappa shape index (κ3) is 3.54. The summed E-state index contributed by atoms with van der Waals surface area (Å²) in [5.74, 6) is -1.34. The highest BCUT2D eigenvalue weighted by Crippen LogP contribution is 2.29. The summed E-state index contributed by atoms with van der Waals surface area (Å²) in [6, 6.07) is 8.78. The Morgan fingerprint density at radius 1 is 1.26 bits per heavy atom. The molecule has 0 aliphatic heterocycles. The highest BCUT2D eigenvalue weighted by Gasteiger charge is 2.35. The Morgan fingerprint density at radius 2 is 1.89 bits per heavy atom. The number of aliphatic hydroxyl groups is 1. The van der Waals surface area contributed by atoms with Crippen molar-refractivity contribution in [3.63, 3.8) is 0 Å². The van der Waals surface area contributed by atoms with Crippen LogP contribution in [0.5, 0.6) is 0 Å². The molecule has 2 rings (SSSR count). The number of carboxylic acid groups (broad SMARTS) is 1. The number of carbonyl (C=O) groups excluding carboxylic acids is 1. The number of carboxylic acids is 1. The number of benzene rings is 1. The van der Waals surface area contributed by atoms with Crippen LogP contribution in [0.2, 0.25) is 0 Å². The highest BCUT2D eigenvalue weighted by molar-refractivity contribution is 5.83. The molecule has 5 nitrogen and oxygen atoms in total. The summed E-state index contributed by atoms with van der Waals surface area (Å²) < 4.78 is 0. The molecule has 1 aromatic carbocycles. The van der Waals surface area contributed by atoms with Gasteiger partial charge in [0.2, 0.25) is 0 Å². The number of hydrogen-bond donors (Lipinski definition) is 2. The van der Waals surface area contributed by atoms with Crippen LogP contribution in [0.15, 0.2) is 30.3 Å². The Kier molecular flexibility index (Phi) is 4.16. The summed E-state index contributed by atoms with van der Waals surface area (Å²) in [6.07, 6.45) is 0.458. The maximum atomic E-state index is 12.2. The van der Waals surface area contributed by atoms with E-state index in [4.69, 9.17) is 5.11 Å². The van der Waals surface area contributed by atoms with Crippen LogP contribution in [0.3, 0.4) is 0 Å². The molecule has 0 radical (unpaired) electrons. The largest absolute Gasteiger partial charge is 0.481 e. The Bertz CT molecular complexity index is 456. The number of rotatable bonds is 6. The lowest BCUT2D eigenvalue weighted by atomic mass is 10.1. The highest BCUT2D eigenvalue weighted by atomic mass is 16.4. The first-order chi connectivity index (χ1) is 9.09. The topological polar surface area (TPSA) is 77.8 Å². The molecule has 0 spiro atoms. The van der Waals surface area contributed by atoms with Gasteiger partial charge in [-0.3, -0.25) is 9.59 Å². The van der Waals surface area contributed by atoms with Gasteiger partial charge in [0, 0.05) is 12.6 Å². The Balaban J connectivity index is 2.04. The zero-order chi connectivity index (χ0) is 13.8. The van der Waals surface area contributed by atoms with Gasteiger partial charge in [-0.2, -0.15) is 0 Å². The van der Waals surface area contributed by atoms with Crippen LogP contribution in [0.1, 0.15) is 30.9 Å². The fourth-order valence-electron chi connectivity index (χ4n) is 2.01. The van der Waals surface area contributed by atoms with Crippen LogP contribution < -0.4 is 0 Å². The molecule has 1 aromatic rings. The molecule has 5 heteroatoms. The van der Waals surface area contributed by atoms with E-state index in [1.807, 2.05) is 6.07 Å².